The highest BCUT2D eigenvalue weighted by atomic mass is 79.9. The molecule has 112 valence electrons. The van der Waals surface area contributed by atoms with Crippen molar-refractivity contribution < 1.29 is 0 Å². The normalized spacial score (nSPS) is 12.2. The van der Waals surface area contributed by atoms with Gasteiger partial charge in [0, 0.05) is 29.8 Å². The highest BCUT2D eigenvalue weighted by Gasteiger charge is 2.08. The van der Waals surface area contributed by atoms with Crippen LogP contribution in [0.4, 0.5) is 5.69 Å². The molecule has 0 aromatic heterocycles. The number of rotatable bonds is 5. The highest BCUT2D eigenvalue weighted by molar-refractivity contribution is 9.10. The predicted molar refractivity (Wildman–Crippen MR) is 94.8 cm³/mol. The summed E-state index contributed by atoms with van der Waals surface area (Å²) < 4.78 is 1.15. The lowest BCUT2D eigenvalue weighted by atomic mass is 10.0. The van der Waals surface area contributed by atoms with Crippen molar-refractivity contribution in [3.63, 3.8) is 0 Å². The lowest BCUT2D eigenvalue weighted by Gasteiger charge is -2.22. The number of halogens is 1. The van der Waals surface area contributed by atoms with Gasteiger partial charge in [-0.05, 0) is 55.2 Å². The number of anilines is 1. The second-order valence-corrected chi connectivity index (χ2v) is 6.59. The SMILES string of the molecule is Cc1cc(N(C)Cc2ccccc2Br)ccc1CC(C)N. The second-order valence-electron chi connectivity index (χ2n) is 5.74. The maximum absolute atomic E-state index is 5.89. The van der Waals surface area contributed by atoms with E-state index in [2.05, 4.69) is 71.2 Å². The maximum atomic E-state index is 5.89. The largest absolute Gasteiger partial charge is 0.370 e. The molecule has 2 aromatic rings. The highest BCUT2D eigenvalue weighted by Crippen LogP contribution is 2.23. The summed E-state index contributed by atoms with van der Waals surface area (Å²) in [6.45, 7) is 5.09. The van der Waals surface area contributed by atoms with Crippen LogP contribution in [0, 0.1) is 6.92 Å². The Hall–Kier alpha value is -1.32. The van der Waals surface area contributed by atoms with Crippen molar-refractivity contribution in [1.82, 2.24) is 0 Å². The van der Waals surface area contributed by atoms with Gasteiger partial charge in [0.1, 0.15) is 0 Å². The molecule has 0 spiro atoms. The van der Waals surface area contributed by atoms with Crippen LogP contribution in [0.1, 0.15) is 23.6 Å². The number of hydrogen-bond donors (Lipinski definition) is 1. The number of nitrogens with zero attached hydrogens (tertiary/aromatic N) is 1. The Bertz CT molecular complexity index is 608. The Morgan fingerprint density at radius 3 is 2.48 bits per heavy atom. The van der Waals surface area contributed by atoms with Crippen LogP contribution in [0.2, 0.25) is 0 Å². The maximum Gasteiger partial charge on any atom is 0.0437 e. The molecule has 2 N–H and O–H groups in total. The standard InChI is InChI=1S/C18H23BrN2/c1-13-10-17(9-8-15(13)11-14(2)20)21(3)12-16-6-4-5-7-18(16)19/h4-10,14H,11-12,20H2,1-3H3. The van der Waals surface area contributed by atoms with Crippen molar-refractivity contribution in [1.29, 1.82) is 0 Å². The Morgan fingerprint density at radius 2 is 1.86 bits per heavy atom. The smallest absolute Gasteiger partial charge is 0.0437 e. The summed E-state index contributed by atoms with van der Waals surface area (Å²) in [5.41, 5.74) is 11.1. The van der Waals surface area contributed by atoms with Crippen molar-refractivity contribution >= 4 is 21.6 Å². The first-order chi connectivity index (χ1) is 9.97. The van der Waals surface area contributed by atoms with Crippen molar-refractivity contribution in [2.75, 3.05) is 11.9 Å². The summed E-state index contributed by atoms with van der Waals surface area (Å²) in [5.74, 6) is 0. The Morgan fingerprint density at radius 1 is 1.14 bits per heavy atom. The van der Waals surface area contributed by atoms with Gasteiger partial charge >= 0.3 is 0 Å². The average molecular weight is 347 g/mol. The van der Waals surface area contributed by atoms with Crippen molar-refractivity contribution in [2.45, 2.75) is 32.9 Å². The van der Waals surface area contributed by atoms with Gasteiger partial charge in [-0.1, -0.05) is 40.2 Å². The molecule has 0 aliphatic heterocycles. The lowest BCUT2D eigenvalue weighted by molar-refractivity contribution is 0.734. The summed E-state index contributed by atoms with van der Waals surface area (Å²) >= 11 is 3.61. The van der Waals surface area contributed by atoms with Crippen LogP contribution in [0.25, 0.3) is 0 Å². The van der Waals surface area contributed by atoms with Crippen LogP contribution < -0.4 is 10.6 Å². The van der Waals surface area contributed by atoms with Gasteiger partial charge < -0.3 is 10.6 Å². The molecule has 0 aliphatic rings. The fourth-order valence-electron chi connectivity index (χ4n) is 2.47. The van der Waals surface area contributed by atoms with Gasteiger partial charge in [-0.25, -0.2) is 0 Å². The molecule has 0 fully saturated rings. The molecule has 21 heavy (non-hydrogen) atoms. The molecule has 2 nitrogen and oxygen atoms in total. The minimum absolute atomic E-state index is 0.201. The molecule has 1 unspecified atom stereocenters. The second kappa shape index (κ2) is 7.10. The molecular formula is C18H23BrN2. The van der Waals surface area contributed by atoms with Crippen LogP contribution in [-0.2, 0) is 13.0 Å². The molecule has 2 aromatic carbocycles. The van der Waals surface area contributed by atoms with Crippen molar-refractivity contribution in [3.8, 4) is 0 Å². The van der Waals surface area contributed by atoms with E-state index in [1.165, 1.54) is 22.4 Å². The van der Waals surface area contributed by atoms with Crippen LogP contribution in [0.3, 0.4) is 0 Å². The molecule has 2 rings (SSSR count). The van der Waals surface area contributed by atoms with Gasteiger partial charge in [0.15, 0.2) is 0 Å². The van der Waals surface area contributed by atoms with E-state index in [9.17, 15) is 0 Å². The summed E-state index contributed by atoms with van der Waals surface area (Å²) in [6, 6.07) is 15.2. The van der Waals surface area contributed by atoms with E-state index in [0.717, 1.165) is 17.4 Å². The fraction of sp³-hybridized carbons (Fsp3) is 0.333. The van der Waals surface area contributed by atoms with Gasteiger partial charge in [-0.15, -0.1) is 0 Å². The summed E-state index contributed by atoms with van der Waals surface area (Å²) in [4.78, 5) is 2.27. The predicted octanol–water partition coefficient (Wildman–Crippen LogP) is 4.28. The van der Waals surface area contributed by atoms with E-state index < -0.39 is 0 Å². The zero-order chi connectivity index (χ0) is 15.4. The molecule has 0 saturated heterocycles. The number of nitrogens with two attached hydrogens (primary N) is 1. The third-order valence-electron chi connectivity index (χ3n) is 3.67. The van der Waals surface area contributed by atoms with Crippen LogP contribution in [0.15, 0.2) is 46.9 Å². The molecule has 0 bridgehead atoms. The van der Waals surface area contributed by atoms with Crippen molar-refractivity contribution in [3.05, 3.63) is 63.6 Å². The summed E-state index contributed by atoms with van der Waals surface area (Å²) in [7, 11) is 2.12. The van der Waals surface area contributed by atoms with E-state index in [1.807, 2.05) is 13.0 Å². The quantitative estimate of drug-likeness (QED) is 0.875. The first-order valence-electron chi connectivity index (χ1n) is 7.27. The number of aryl methyl sites for hydroxylation is 1. The van der Waals surface area contributed by atoms with Gasteiger partial charge in [0.25, 0.3) is 0 Å². The minimum Gasteiger partial charge on any atom is -0.370 e. The average Bonchev–Trinajstić information content (AvgIpc) is 2.43. The van der Waals surface area contributed by atoms with Crippen LogP contribution >= 0.6 is 15.9 Å². The van der Waals surface area contributed by atoms with Gasteiger partial charge in [-0.3, -0.25) is 0 Å². The van der Waals surface area contributed by atoms with E-state index in [0.29, 0.717) is 0 Å². The van der Waals surface area contributed by atoms with Crippen LogP contribution in [-0.4, -0.2) is 13.1 Å². The zero-order valence-corrected chi connectivity index (χ0v) is 14.5. The summed E-state index contributed by atoms with van der Waals surface area (Å²) in [6.07, 6.45) is 0.931. The van der Waals surface area contributed by atoms with Gasteiger partial charge in [0.2, 0.25) is 0 Å². The van der Waals surface area contributed by atoms with Crippen molar-refractivity contribution in [2.24, 2.45) is 5.73 Å². The van der Waals surface area contributed by atoms with Crippen LogP contribution in [0.5, 0.6) is 0 Å². The van der Waals surface area contributed by atoms with E-state index in [-0.39, 0.29) is 6.04 Å². The molecular weight excluding hydrogens is 324 g/mol. The zero-order valence-electron chi connectivity index (χ0n) is 12.9. The Kier molecular flexibility index (Phi) is 5.43. The lowest BCUT2D eigenvalue weighted by Crippen LogP contribution is -2.19. The molecule has 1 atom stereocenters. The molecule has 0 saturated carbocycles. The van der Waals surface area contributed by atoms with E-state index in [1.54, 1.807) is 0 Å². The number of hydrogen-bond acceptors (Lipinski definition) is 2. The van der Waals surface area contributed by atoms with Gasteiger partial charge in [0.05, 0.1) is 0 Å². The third kappa shape index (κ3) is 4.32. The fourth-order valence-corrected chi connectivity index (χ4v) is 2.88. The minimum atomic E-state index is 0.201. The molecule has 0 heterocycles. The van der Waals surface area contributed by atoms with E-state index in [4.69, 9.17) is 5.73 Å². The molecule has 3 heteroatoms. The van der Waals surface area contributed by atoms with E-state index >= 15 is 0 Å². The topological polar surface area (TPSA) is 29.3 Å². The Balaban J connectivity index is 2.14. The summed E-state index contributed by atoms with van der Waals surface area (Å²) in [5, 5.41) is 0. The number of benzene rings is 2. The first kappa shape index (κ1) is 16.1. The van der Waals surface area contributed by atoms with Gasteiger partial charge in [-0.2, -0.15) is 0 Å². The molecule has 0 aliphatic carbocycles. The first-order valence-corrected chi connectivity index (χ1v) is 8.06. The molecule has 0 amide bonds. The molecule has 0 radical (unpaired) electrons. The third-order valence-corrected chi connectivity index (χ3v) is 4.45. The monoisotopic (exact) mass is 346 g/mol. The Labute approximate surface area is 136 Å².